The van der Waals surface area contributed by atoms with Gasteiger partial charge in [0.2, 0.25) is 0 Å². The van der Waals surface area contributed by atoms with Crippen molar-refractivity contribution in [1.82, 2.24) is 4.57 Å². The number of hydrogen-bond acceptors (Lipinski definition) is 0. The number of nitrogens with zero attached hydrogens (tertiary/aromatic N) is 2. The Morgan fingerprint density at radius 1 is 0.435 bits per heavy atom. The lowest BCUT2D eigenvalue weighted by Gasteiger charge is -2.34. The molecule has 8 rings (SSSR count). The monoisotopic (exact) mass is 602 g/mol. The average Bonchev–Trinajstić information content (AvgIpc) is 3.48. The smallest absolute Gasteiger partial charge is 0.194 e. The second-order valence-electron chi connectivity index (χ2n) is 11.6. The highest BCUT2D eigenvalue weighted by Crippen LogP contribution is 2.35. The Morgan fingerprint density at radius 3 is 1.46 bits per heavy atom. The minimum atomic E-state index is -2.73. The molecule has 216 valence electrons. The first-order chi connectivity index (χ1) is 22.8. The van der Waals surface area contributed by atoms with E-state index in [0.29, 0.717) is 5.69 Å². The Morgan fingerprint density at radius 2 is 0.935 bits per heavy atom. The average molecular weight is 603 g/mol. The molecule has 7 aromatic carbocycles. The topological polar surface area (TPSA) is 9.29 Å². The van der Waals surface area contributed by atoms with Crippen LogP contribution in [0.3, 0.4) is 0 Å². The second-order valence-corrected chi connectivity index (χ2v) is 15.4. The molecule has 3 heteroatoms. The number of hydrogen-bond donors (Lipinski definition) is 0. The maximum Gasteiger partial charge on any atom is 0.194 e. The highest BCUT2D eigenvalue weighted by molar-refractivity contribution is 7.19. The van der Waals surface area contributed by atoms with Gasteiger partial charge in [0.1, 0.15) is 0 Å². The van der Waals surface area contributed by atoms with E-state index in [1.807, 2.05) is 0 Å². The third-order valence-corrected chi connectivity index (χ3v) is 13.9. The molecule has 0 saturated carbocycles. The molecule has 0 N–H and O–H groups in total. The van der Waals surface area contributed by atoms with Crippen LogP contribution >= 0.6 is 0 Å². The first kappa shape index (κ1) is 27.6. The summed E-state index contributed by atoms with van der Waals surface area (Å²) in [6.45, 7) is 8.39. The normalized spacial score (nSPS) is 11.5. The van der Waals surface area contributed by atoms with Gasteiger partial charge in [-0.2, -0.15) is 0 Å². The molecular weight excluding hydrogens is 573 g/mol. The van der Waals surface area contributed by atoms with Crippen LogP contribution in [0.5, 0.6) is 0 Å². The SMILES string of the molecule is [C-]#[N+]c1cc([Si](c2ccccc2)(c2ccccc2)c2ccccc2)ccc1-c1cccc(-n2c3ccccc3c3ccccc32)c1. The van der Waals surface area contributed by atoms with Gasteiger partial charge in [-0.05, 0) is 51.0 Å². The summed E-state index contributed by atoms with van der Waals surface area (Å²) < 4.78 is 2.33. The molecule has 0 atom stereocenters. The predicted octanol–water partition coefficient (Wildman–Crippen LogP) is 8.38. The molecule has 0 bridgehead atoms. The van der Waals surface area contributed by atoms with Crippen molar-refractivity contribution in [2.45, 2.75) is 0 Å². The largest absolute Gasteiger partial charge is 0.309 e. The minimum absolute atomic E-state index is 0.663. The van der Waals surface area contributed by atoms with E-state index in [9.17, 15) is 0 Å². The summed E-state index contributed by atoms with van der Waals surface area (Å²) in [5, 5.41) is 7.56. The summed E-state index contributed by atoms with van der Waals surface area (Å²) in [5.41, 5.74) is 6.06. The summed E-state index contributed by atoms with van der Waals surface area (Å²) in [7, 11) is -2.73. The van der Waals surface area contributed by atoms with Gasteiger partial charge in [0.05, 0.1) is 17.6 Å². The lowest BCUT2D eigenvalue weighted by molar-refractivity contribution is 1.18. The van der Waals surface area contributed by atoms with E-state index in [4.69, 9.17) is 6.57 Å². The van der Waals surface area contributed by atoms with Crippen molar-refractivity contribution in [1.29, 1.82) is 0 Å². The van der Waals surface area contributed by atoms with Gasteiger partial charge in [-0.15, -0.1) is 0 Å². The number of fused-ring (bicyclic) bond motifs is 3. The summed E-state index contributed by atoms with van der Waals surface area (Å²) >= 11 is 0. The quantitative estimate of drug-likeness (QED) is 0.103. The molecule has 0 amide bonds. The zero-order valence-corrected chi connectivity index (χ0v) is 26.2. The maximum absolute atomic E-state index is 8.39. The Balaban J connectivity index is 1.34. The molecule has 2 nitrogen and oxygen atoms in total. The third-order valence-electron chi connectivity index (χ3n) is 9.17. The van der Waals surface area contributed by atoms with E-state index in [2.05, 4.69) is 191 Å². The zero-order chi connectivity index (χ0) is 30.9. The van der Waals surface area contributed by atoms with Gasteiger partial charge in [-0.3, -0.25) is 0 Å². The second kappa shape index (κ2) is 11.5. The van der Waals surface area contributed by atoms with Crippen LogP contribution in [0.15, 0.2) is 182 Å². The van der Waals surface area contributed by atoms with Crippen molar-refractivity contribution < 1.29 is 0 Å². The molecule has 1 aromatic heterocycles. The van der Waals surface area contributed by atoms with Crippen molar-refractivity contribution in [2.24, 2.45) is 0 Å². The molecule has 0 unspecified atom stereocenters. The van der Waals surface area contributed by atoms with Gasteiger partial charge in [-0.1, -0.05) is 163 Å². The Hall–Kier alpha value is -5.95. The van der Waals surface area contributed by atoms with E-state index >= 15 is 0 Å². The fourth-order valence-corrected chi connectivity index (χ4v) is 11.9. The molecule has 1 heterocycles. The lowest BCUT2D eigenvalue weighted by Crippen LogP contribution is -2.74. The first-order valence-corrected chi connectivity index (χ1v) is 17.6. The summed E-state index contributed by atoms with van der Waals surface area (Å²) in [4.78, 5) is 4.16. The van der Waals surface area contributed by atoms with Crippen molar-refractivity contribution in [3.8, 4) is 16.8 Å². The summed E-state index contributed by atoms with van der Waals surface area (Å²) in [5.74, 6) is 0. The predicted molar refractivity (Wildman–Crippen MR) is 196 cm³/mol. The van der Waals surface area contributed by atoms with Crippen LogP contribution in [-0.2, 0) is 0 Å². The molecule has 8 aromatic rings. The van der Waals surface area contributed by atoms with Gasteiger partial charge in [-0.25, -0.2) is 4.85 Å². The van der Waals surface area contributed by atoms with Crippen molar-refractivity contribution in [3.63, 3.8) is 0 Å². The van der Waals surface area contributed by atoms with Gasteiger partial charge >= 0.3 is 0 Å². The first-order valence-electron chi connectivity index (χ1n) is 15.6. The summed E-state index contributed by atoms with van der Waals surface area (Å²) in [6, 6.07) is 64.9. The van der Waals surface area contributed by atoms with Crippen LogP contribution in [0.4, 0.5) is 5.69 Å². The van der Waals surface area contributed by atoms with Gasteiger partial charge in [0.15, 0.2) is 13.8 Å². The Bertz CT molecular complexity index is 2220. The third kappa shape index (κ3) is 4.39. The number of aromatic nitrogens is 1. The van der Waals surface area contributed by atoms with E-state index in [1.165, 1.54) is 42.6 Å². The van der Waals surface area contributed by atoms with Crippen LogP contribution in [-0.4, -0.2) is 12.6 Å². The molecule has 0 radical (unpaired) electrons. The molecule has 0 aliphatic heterocycles. The molecule has 0 spiro atoms. The molecule has 0 aliphatic carbocycles. The van der Waals surface area contributed by atoms with Crippen LogP contribution < -0.4 is 20.7 Å². The van der Waals surface area contributed by atoms with Gasteiger partial charge < -0.3 is 4.57 Å². The van der Waals surface area contributed by atoms with E-state index in [0.717, 1.165) is 16.8 Å². The Kier molecular flexibility index (Phi) is 6.91. The van der Waals surface area contributed by atoms with Crippen LogP contribution in [0.1, 0.15) is 0 Å². The number of rotatable bonds is 6. The van der Waals surface area contributed by atoms with Crippen LogP contribution in [0.25, 0.3) is 43.5 Å². The number of benzene rings is 7. The molecular formula is C43H30N2Si. The lowest BCUT2D eigenvalue weighted by atomic mass is 10.0. The molecule has 0 fully saturated rings. The van der Waals surface area contributed by atoms with Gasteiger partial charge in [0, 0.05) is 16.5 Å². The summed E-state index contributed by atoms with van der Waals surface area (Å²) in [6.07, 6.45) is 0. The minimum Gasteiger partial charge on any atom is -0.309 e. The standard InChI is InChI=1S/C43H30N2Si/c1-44-41-31-37(46(34-18-5-2-6-19-34,35-20-7-3-8-21-35)36-22-9-4-10-23-36)28-29-38(41)32-16-15-17-33(30-32)45-42-26-13-11-24-39(42)40-25-12-14-27-43(40)45/h2-31H. The fourth-order valence-electron chi connectivity index (χ4n) is 7.18. The highest BCUT2D eigenvalue weighted by atomic mass is 28.3. The van der Waals surface area contributed by atoms with Crippen LogP contribution in [0.2, 0.25) is 0 Å². The van der Waals surface area contributed by atoms with E-state index in [1.54, 1.807) is 0 Å². The molecule has 0 aliphatic rings. The van der Waals surface area contributed by atoms with Crippen molar-refractivity contribution >= 4 is 56.3 Å². The fraction of sp³-hybridized carbons (Fsp3) is 0. The van der Waals surface area contributed by atoms with Crippen molar-refractivity contribution in [2.75, 3.05) is 0 Å². The van der Waals surface area contributed by atoms with E-state index in [-0.39, 0.29) is 0 Å². The number of para-hydroxylation sites is 2. The van der Waals surface area contributed by atoms with Crippen molar-refractivity contribution in [3.05, 3.63) is 193 Å². The van der Waals surface area contributed by atoms with Crippen LogP contribution in [0, 0.1) is 6.57 Å². The zero-order valence-electron chi connectivity index (χ0n) is 25.2. The van der Waals surface area contributed by atoms with Gasteiger partial charge in [0.25, 0.3) is 0 Å². The maximum atomic E-state index is 8.39. The van der Waals surface area contributed by atoms with E-state index < -0.39 is 8.07 Å². The molecule has 0 saturated heterocycles. The molecule has 46 heavy (non-hydrogen) atoms. The highest BCUT2D eigenvalue weighted by Gasteiger charge is 2.41. The Labute approximate surface area is 270 Å².